The number of likely N-dealkylation sites (N-methyl/N-ethyl adjacent to an activating group) is 1. The summed E-state index contributed by atoms with van der Waals surface area (Å²) in [6.45, 7) is 2.93. The van der Waals surface area contributed by atoms with Crippen molar-refractivity contribution in [2.75, 3.05) is 6.54 Å². The van der Waals surface area contributed by atoms with Crippen molar-refractivity contribution in [3.8, 4) is 0 Å². The molecule has 0 spiro atoms. The Morgan fingerprint density at radius 1 is 1.24 bits per heavy atom. The number of rotatable bonds is 7. The first-order valence-electron chi connectivity index (χ1n) is 7.25. The molecule has 0 radical (unpaired) electrons. The molecule has 0 aliphatic carbocycles. The first kappa shape index (κ1) is 15.9. The highest BCUT2D eigenvalue weighted by atomic mass is 35.5. The molecule has 0 aliphatic heterocycles. The number of aryl methyl sites for hydroxylation is 1. The molecule has 1 unspecified atom stereocenters. The average Bonchev–Trinajstić information content (AvgIpc) is 2.50. The first-order chi connectivity index (χ1) is 10.2. The van der Waals surface area contributed by atoms with Gasteiger partial charge in [-0.15, -0.1) is 0 Å². The molecule has 0 saturated heterocycles. The summed E-state index contributed by atoms with van der Waals surface area (Å²) in [6.07, 6.45) is 6.14. The lowest BCUT2D eigenvalue weighted by molar-refractivity contribution is 0.480. The van der Waals surface area contributed by atoms with Crippen molar-refractivity contribution in [1.29, 1.82) is 0 Å². The third-order valence-corrected chi connectivity index (χ3v) is 3.73. The maximum Gasteiger partial charge on any atom is 0.126 e. The van der Waals surface area contributed by atoms with E-state index in [-0.39, 0.29) is 11.9 Å². The van der Waals surface area contributed by atoms with Gasteiger partial charge < -0.3 is 5.32 Å². The van der Waals surface area contributed by atoms with Gasteiger partial charge in [0, 0.05) is 23.5 Å². The number of nitrogens with one attached hydrogen (secondary N) is 1. The predicted octanol–water partition coefficient (Wildman–Crippen LogP) is 4.03. The molecule has 2 aromatic rings. The van der Waals surface area contributed by atoms with E-state index in [2.05, 4.69) is 17.2 Å². The Balaban J connectivity index is 2.00. The van der Waals surface area contributed by atoms with Gasteiger partial charge in [-0.05, 0) is 67.3 Å². The van der Waals surface area contributed by atoms with Crippen LogP contribution in [0.25, 0.3) is 0 Å². The van der Waals surface area contributed by atoms with Gasteiger partial charge in [-0.1, -0.05) is 18.5 Å². The molecule has 0 saturated carbocycles. The highest BCUT2D eigenvalue weighted by molar-refractivity contribution is 6.30. The van der Waals surface area contributed by atoms with Gasteiger partial charge in [0.05, 0.1) is 0 Å². The normalized spacial score (nSPS) is 12.3. The number of halogens is 2. The fourth-order valence-corrected chi connectivity index (χ4v) is 2.62. The van der Waals surface area contributed by atoms with E-state index < -0.39 is 0 Å². The maximum absolute atomic E-state index is 13.8. The number of benzene rings is 1. The Morgan fingerprint density at radius 3 is 2.71 bits per heavy atom. The van der Waals surface area contributed by atoms with Crippen molar-refractivity contribution in [3.63, 3.8) is 0 Å². The van der Waals surface area contributed by atoms with E-state index in [1.165, 1.54) is 11.6 Å². The SMILES string of the molecule is CCNC(CCc1ccncc1)Cc1cc(Cl)ccc1F. The van der Waals surface area contributed by atoms with Crippen LogP contribution in [0.1, 0.15) is 24.5 Å². The lowest BCUT2D eigenvalue weighted by Gasteiger charge is -2.18. The van der Waals surface area contributed by atoms with E-state index in [0.717, 1.165) is 19.4 Å². The Kier molecular flexibility index (Phi) is 6.15. The minimum atomic E-state index is -0.189. The van der Waals surface area contributed by atoms with Crippen molar-refractivity contribution in [3.05, 3.63) is 64.7 Å². The van der Waals surface area contributed by atoms with Crippen molar-refractivity contribution < 1.29 is 4.39 Å². The summed E-state index contributed by atoms with van der Waals surface area (Å²) in [4.78, 5) is 4.02. The van der Waals surface area contributed by atoms with Gasteiger partial charge in [0.2, 0.25) is 0 Å². The minimum Gasteiger partial charge on any atom is -0.314 e. The summed E-state index contributed by atoms with van der Waals surface area (Å²) in [5.74, 6) is -0.189. The van der Waals surface area contributed by atoms with E-state index in [0.29, 0.717) is 17.0 Å². The third kappa shape index (κ3) is 5.10. The zero-order chi connectivity index (χ0) is 15.1. The molecule has 1 N–H and O–H groups in total. The fourth-order valence-electron chi connectivity index (χ4n) is 2.42. The lowest BCUT2D eigenvalue weighted by Crippen LogP contribution is -2.31. The molecule has 21 heavy (non-hydrogen) atoms. The first-order valence-corrected chi connectivity index (χ1v) is 7.63. The van der Waals surface area contributed by atoms with Crippen LogP contribution in [-0.2, 0) is 12.8 Å². The third-order valence-electron chi connectivity index (χ3n) is 3.50. The van der Waals surface area contributed by atoms with Gasteiger partial charge in [-0.3, -0.25) is 4.98 Å². The van der Waals surface area contributed by atoms with Crippen molar-refractivity contribution >= 4 is 11.6 Å². The summed E-state index contributed by atoms with van der Waals surface area (Å²) in [7, 11) is 0. The van der Waals surface area contributed by atoms with Crippen LogP contribution in [0.15, 0.2) is 42.7 Å². The Morgan fingerprint density at radius 2 is 2.00 bits per heavy atom. The van der Waals surface area contributed by atoms with Crippen LogP contribution >= 0.6 is 11.6 Å². The smallest absolute Gasteiger partial charge is 0.126 e. The minimum absolute atomic E-state index is 0.189. The van der Waals surface area contributed by atoms with Crippen molar-refractivity contribution in [2.24, 2.45) is 0 Å². The molecular weight excluding hydrogens is 287 g/mol. The zero-order valence-electron chi connectivity index (χ0n) is 12.2. The van der Waals surface area contributed by atoms with Crippen LogP contribution in [0.4, 0.5) is 4.39 Å². The molecule has 1 aromatic heterocycles. The van der Waals surface area contributed by atoms with Crippen molar-refractivity contribution in [1.82, 2.24) is 10.3 Å². The average molecular weight is 307 g/mol. The summed E-state index contributed by atoms with van der Waals surface area (Å²) < 4.78 is 13.8. The Labute approximate surface area is 130 Å². The van der Waals surface area contributed by atoms with Crippen molar-refractivity contribution in [2.45, 2.75) is 32.2 Å². The number of nitrogens with zero attached hydrogens (tertiary/aromatic N) is 1. The molecule has 0 amide bonds. The molecule has 2 rings (SSSR count). The highest BCUT2D eigenvalue weighted by Gasteiger charge is 2.12. The van der Waals surface area contributed by atoms with Gasteiger partial charge >= 0.3 is 0 Å². The quantitative estimate of drug-likeness (QED) is 0.835. The van der Waals surface area contributed by atoms with Gasteiger partial charge in [-0.25, -0.2) is 4.39 Å². The molecular formula is C17H20ClFN2. The van der Waals surface area contributed by atoms with Crippen LogP contribution < -0.4 is 5.32 Å². The molecule has 0 fully saturated rings. The summed E-state index contributed by atoms with van der Waals surface area (Å²) in [6, 6.07) is 9.00. The fraction of sp³-hybridized carbons (Fsp3) is 0.353. The molecule has 1 heterocycles. The maximum atomic E-state index is 13.8. The number of hydrogen-bond donors (Lipinski definition) is 1. The van der Waals surface area contributed by atoms with Gasteiger partial charge in [0.1, 0.15) is 5.82 Å². The van der Waals surface area contributed by atoms with E-state index in [9.17, 15) is 4.39 Å². The van der Waals surface area contributed by atoms with Crippen LogP contribution in [-0.4, -0.2) is 17.6 Å². The molecule has 0 aliphatic rings. The monoisotopic (exact) mass is 306 g/mol. The predicted molar refractivity (Wildman–Crippen MR) is 85.1 cm³/mol. The number of pyridine rings is 1. The van der Waals surface area contributed by atoms with Crippen LogP contribution in [0.3, 0.4) is 0 Å². The largest absolute Gasteiger partial charge is 0.314 e. The Bertz CT molecular complexity index is 560. The topological polar surface area (TPSA) is 24.9 Å². The zero-order valence-corrected chi connectivity index (χ0v) is 12.9. The number of hydrogen-bond acceptors (Lipinski definition) is 2. The van der Waals surface area contributed by atoms with Crippen LogP contribution in [0, 0.1) is 5.82 Å². The lowest BCUT2D eigenvalue weighted by atomic mass is 9.99. The standard InChI is InChI=1S/C17H20ClFN2/c1-2-21-16(5-3-13-7-9-20-10-8-13)12-14-11-15(18)4-6-17(14)19/h4,6-11,16,21H,2-3,5,12H2,1H3. The molecule has 0 bridgehead atoms. The van der Waals surface area contributed by atoms with Gasteiger partial charge in [0.25, 0.3) is 0 Å². The second-order valence-electron chi connectivity index (χ2n) is 5.09. The molecule has 2 nitrogen and oxygen atoms in total. The summed E-state index contributed by atoms with van der Waals surface area (Å²) in [5, 5.41) is 4.00. The highest BCUT2D eigenvalue weighted by Crippen LogP contribution is 2.18. The van der Waals surface area contributed by atoms with Crippen LogP contribution in [0.2, 0.25) is 5.02 Å². The second kappa shape index (κ2) is 8.11. The van der Waals surface area contributed by atoms with Gasteiger partial charge in [-0.2, -0.15) is 0 Å². The van der Waals surface area contributed by atoms with Crippen LogP contribution in [0.5, 0.6) is 0 Å². The number of aromatic nitrogens is 1. The molecule has 112 valence electrons. The van der Waals surface area contributed by atoms with E-state index >= 15 is 0 Å². The summed E-state index contributed by atoms with van der Waals surface area (Å²) in [5.41, 5.74) is 1.92. The van der Waals surface area contributed by atoms with E-state index in [1.54, 1.807) is 24.5 Å². The molecule has 1 atom stereocenters. The Hall–Kier alpha value is -1.45. The summed E-state index contributed by atoms with van der Waals surface area (Å²) >= 11 is 5.96. The second-order valence-corrected chi connectivity index (χ2v) is 5.53. The van der Waals surface area contributed by atoms with Gasteiger partial charge in [0.15, 0.2) is 0 Å². The molecule has 4 heteroatoms. The van der Waals surface area contributed by atoms with E-state index in [1.807, 2.05) is 12.1 Å². The van der Waals surface area contributed by atoms with E-state index in [4.69, 9.17) is 11.6 Å². The molecule has 1 aromatic carbocycles.